The number of carbonyl (C=O) groups is 1. The molecule has 128 valence electrons. The summed E-state index contributed by atoms with van der Waals surface area (Å²) in [6.45, 7) is 3.93. The number of carbonyl (C=O) groups excluding carboxylic acids is 1. The van der Waals surface area contributed by atoms with Crippen LogP contribution >= 0.6 is 36.2 Å². The Morgan fingerprint density at radius 2 is 2.09 bits per heavy atom. The second-order valence-corrected chi connectivity index (χ2v) is 6.26. The van der Waals surface area contributed by atoms with Crippen molar-refractivity contribution < 1.29 is 4.79 Å². The van der Waals surface area contributed by atoms with Crippen molar-refractivity contribution in [1.82, 2.24) is 15.5 Å². The van der Waals surface area contributed by atoms with Crippen LogP contribution in [-0.2, 0) is 4.79 Å². The van der Waals surface area contributed by atoms with Crippen molar-refractivity contribution >= 4 is 42.1 Å². The van der Waals surface area contributed by atoms with E-state index in [1.807, 2.05) is 7.05 Å². The minimum absolute atomic E-state index is 0. The third-order valence-corrected chi connectivity index (χ3v) is 4.75. The molecule has 1 aliphatic heterocycles. The van der Waals surface area contributed by atoms with Gasteiger partial charge in [0, 0.05) is 17.8 Å². The Labute approximate surface area is 149 Å². The number of likely N-dealkylation sites (tertiary alicyclic amines) is 1. The third kappa shape index (κ3) is 6.84. The zero-order valence-electron chi connectivity index (χ0n) is 13.0. The van der Waals surface area contributed by atoms with E-state index in [0.29, 0.717) is 12.5 Å². The first-order chi connectivity index (χ1) is 9.81. The highest BCUT2D eigenvalue weighted by atomic mass is 35.5. The Hall–Kier alpha value is -0.330. The van der Waals surface area contributed by atoms with Crippen molar-refractivity contribution in [2.24, 2.45) is 0 Å². The molecule has 1 unspecified atom stereocenters. The van der Waals surface area contributed by atoms with Crippen LogP contribution in [0, 0.1) is 0 Å². The smallest absolute Gasteiger partial charge is 0.220 e. The number of amides is 1. The van der Waals surface area contributed by atoms with Crippen LogP contribution in [0.3, 0.4) is 0 Å². The number of halogens is 2. The van der Waals surface area contributed by atoms with Crippen LogP contribution in [0.5, 0.6) is 0 Å². The van der Waals surface area contributed by atoms with E-state index in [9.17, 15) is 4.79 Å². The maximum Gasteiger partial charge on any atom is 0.220 e. The summed E-state index contributed by atoms with van der Waals surface area (Å²) < 4.78 is 0. The van der Waals surface area contributed by atoms with Gasteiger partial charge in [-0.05, 0) is 57.4 Å². The fraction of sp³-hybridized carbons (Fsp3) is 0.667. The Balaban J connectivity index is 0.00000220. The lowest BCUT2D eigenvalue weighted by Gasteiger charge is -2.26. The van der Waals surface area contributed by atoms with Gasteiger partial charge in [-0.1, -0.05) is 6.07 Å². The highest BCUT2D eigenvalue weighted by Gasteiger charge is 2.24. The van der Waals surface area contributed by atoms with E-state index in [-0.39, 0.29) is 30.7 Å². The molecule has 2 heterocycles. The number of thiophene rings is 1. The second kappa shape index (κ2) is 12.1. The maximum absolute atomic E-state index is 11.9. The molecule has 1 saturated heterocycles. The molecule has 2 N–H and O–H groups in total. The van der Waals surface area contributed by atoms with Gasteiger partial charge >= 0.3 is 0 Å². The van der Waals surface area contributed by atoms with Crippen LogP contribution in [0.4, 0.5) is 0 Å². The minimum atomic E-state index is 0. The topological polar surface area (TPSA) is 44.4 Å². The summed E-state index contributed by atoms with van der Waals surface area (Å²) in [7, 11) is 1.91. The molecule has 0 radical (unpaired) electrons. The molecule has 22 heavy (non-hydrogen) atoms. The third-order valence-electron chi connectivity index (χ3n) is 3.78. The van der Waals surface area contributed by atoms with Crippen molar-refractivity contribution in [3.8, 4) is 0 Å². The molecule has 2 rings (SSSR count). The standard InChI is InChI=1S/C15H25N3OS.2ClH/c1-16-8-4-7-15(19)17-12-13(14-6-5-11-20-14)18-9-2-3-10-18;;/h5-6,11,13,16H,2-4,7-10,12H2,1H3,(H,17,19);2*1H. The van der Waals surface area contributed by atoms with Crippen molar-refractivity contribution in [3.05, 3.63) is 22.4 Å². The average Bonchev–Trinajstić information content (AvgIpc) is 3.12. The van der Waals surface area contributed by atoms with E-state index in [1.165, 1.54) is 17.7 Å². The Bertz CT molecular complexity index is 398. The molecule has 0 aromatic carbocycles. The Morgan fingerprint density at radius 1 is 1.36 bits per heavy atom. The summed E-state index contributed by atoms with van der Waals surface area (Å²) in [6, 6.07) is 4.63. The Kier molecular flexibility index (Phi) is 12.0. The molecule has 1 aromatic rings. The summed E-state index contributed by atoms with van der Waals surface area (Å²) in [5.74, 6) is 0.168. The van der Waals surface area contributed by atoms with Crippen molar-refractivity contribution in [2.45, 2.75) is 31.7 Å². The highest BCUT2D eigenvalue weighted by molar-refractivity contribution is 7.10. The van der Waals surface area contributed by atoms with Crippen LogP contribution in [0.15, 0.2) is 17.5 Å². The van der Waals surface area contributed by atoms with E-state index in [0.717, 1.165) is 32.6 Å². The fourth-order valence-corrected chi connectivity index (χ4v) is 3.53. The second-order valence-electron chi connectivity index (χ2n) is 5.29. The number of nitrogens with one attached hydrogen (secondary N) is 2. The first-order valence-electron chi connectivity index (χ1n) is 7.50. The number of hydrogen-bond donors (Lipinski definition) is 2. The first kappa shape index (κ1) is 21.7. The predicted octanol–water partition coefficient (Wildman–Crippen LogP) is 2.84. The van der Waals surface area contributed by atoms with Gasteiger partial charge in [0.1, 0.15) is 0 Å². The van der Waals surface area contributed by atoms with Crippen LogP contribution in [0.25, 0.3) is 0 Å². The van der Waals surface area contributed by atoms with E-state index < -0.39 is 0 Å². The van der Waals surface area contributed by atoms with Crippen LogP contribution in [0.1, 0.15) is 36.6 Å². The van der Waals surface area contributed by atoms with Gasteiger partial charge < -0.3 is 10.6 Å². The lowest BCUT2D eigenvalue weighted by Crippen LogP contribution is -2.36. The summed E-state index contributed by atoms with van der Waals surface area (Å²) in [5, 5.41) is 8.29. The summed E-state index contributed by atoms with van der Waals surface area (Å²) in [5.41, 5.74) is 0. The minimum Gasteiger partial charge on any atom is -0.354 e. The SMILES string of the molecule is CNCCCC(=O)NCC(c1cccs1)N1CCCC1.Cl.Cl. The van der Waals surface area contributed by atoms with E-state index in [1.54, 1.807) is 11.3 Å². The lowest BCUT2D eigenvalue weighted by molar-refractivity contribution is -0.121. The van der Waals surface area contributed by atoms with Gasteiger partial charge in [-0.2, -0.15) is 0 Å². The Morgan fingerprint density at radius 3 is 2.68 bits per heavy atom. The molecule has 1 aromatic heterocycles. The number of nitrogens with zero attached hydrogens (tertiary/aromatic N) is 1. The lowest BCUT2D eigenvalue weighted by atomic mass is 10.2. The van der Waals surface area contributed by atoms with Crippen LogP contribution < -0.4 is 10.6 Å². The van der Waals surface area contributed by atoms with Crippen LogP contribution in [-0.4, -0.2) is 44.0 Å². The van der Waals surface area contributed by atoms with E-state index in [4.69, 9.17) is 0 Å². The molecular formula is C15H27Cl2N3OS. The molecule has 7 heteroatoms. The molecule has 0 spiro atoms. The normalized spacial score (nSPS) is 15.7. The van der Waals surface area contributed by atoms with E-state index in [2.05, 4.69) is 33.0 Å². The van der Waals surface area contributed by atoms with Crippen molar-refractivity contribution in [1.29, 1.82) is 0 Å². The van der Waals surface area contributed by atoms with Gasteiger partial charge in [0.25, 0.3) is 0 Å². The average molecular weight is 368 g/mol. The van der Waals surface area contributed by atoms with Crippen LogP contribution in [0.2, 0.25) is 0 Å². The van der Waals surface area contributed by atoms with Gasteiger partial charge in [-0.15, -0.1) is 36.2 Å². The first-order valence-corrected chi connectivity index (χ1v) is 8.38. The highest BCUT2D eigenvalue weighted by Crippen LogP contribution is 2.27. The fourth-order valence-electron chi connectivity index (χ4n) is 2.67. The monoisotopic (exact) mass is 367 g/mol. The quantitative estimate of drug-likeness (QED) is 0.694. The van der Waals surface area contributed by atoms with E-state index >= 15 is 0 Å². The molecule has 1 atom stereocenters. The van der Waals surface area contributed by atoms with Crippen molar-refractivity contribution in [2.75, 3.05) is 33.2 Å². The molecular weight excluding hydrogens is 341 g/mol. The maximum atomic E-state index is 11.9. The molecule has 1 aliphatic rings. The molecule has 0 bridgehead atoms. The van der Waals surface area contributed by atoms with Gasteiger partial charge in [0.2, 0.25) is 5.91 Å². The predicted molar refractivity (Wildman–Crippen MR) is 98.5 cm³/mol. The molecule has 4 nitrogen and oxygen atoms in total. The van der Waals surface area contributed by atoms with Gasteiger partial charge in [-0.25, -0.2) is 0 Å². The van der Waals surface area contributed by atoms with Gasteiger partial charge in [0.15, 0.2) is 0 Å². The van der Waals surface area contributed by atoms with Gasteiger partial charge in [-0.3, -0.25) is 9.69 Å². The molecule has 1 amide bonds. The van der Waals surface area contributed by atoms with Gasteiger partial charge in [0.05, 0.1) is 6.04 Å². The zero-order valence-corrected chi connectivity index (χ0v) is 15.5. The molecule has 0 aliphatic carbocycles. The number of hydrogen-bond acceptors (Lipinski definition) is 4. The molecule has 0 saturated carbocycles. The summed E-state index contributed by atoms with van der Waals surface area (Å²) in [4.78, 5) is 15.7. The zero-order chi connectivity index (χ0) is 14.2. The summed E-state index contributed by atoms with van der Waals surface area (Å²) in [6.07, 6.45) is 4.06. The number of rotatable bonds is 8. The largest absolute Gasteiger partial charge is 0.354 e. The summed E-state index contributed by atoms with van der Waals surface area (Å²) >= 11 is 1.79. The molecule has 1 fully saturated rings. The van der Waals surface area contributed by atoms with Crippen molar-refractivity contribution in [3.63, 3.8) is 0 Å².